The van der Waals surface area contributed by atoms with Crippen molar-refractivity contribution in [3.63, 3.8) is 0 Å². The standard InChI is InChI=1S/C31H33ClN6O3/c1-21-8-10-24(11-9-21)29(39)37(15-5-14-33)28(31(41)35(2)3)38-20-36(19-23-7-4-6-22(16-23)18-34)30(40)26-13-12-25(32)17-27(26)38/h4,6-13,16-17,28H,5,14-15,19-20,33H2,1-3H3. The van der Waals surface area contributed by atoms with Gasteiger partial charge in [0.1, 0.15) is 0 Å². The highest BCUT2D eigenvalue weighted by molar-refractivity contribution is 6.31. The predicted molar refractivity (Wildman–Crippen MR) is 158 cm³/mol. The average Bonchev–Trinajstić information content (AvgIpc) is 2.96. The number of benzene rings is 3. The molecular formula is C31H33ClN6O3. The number of hydrogen-bond donors (Lipinski definition) is 1. The van der Waals surface area contributed by atoms with Gasteiger partial charge in [0, 0.05) is 37.8 Å². The lowest BCUT2D eigenvalue weighted by atomic mass is 10.0. The Labute approximate surface area is 245 Å². The van der Waals surface area contributed by atoms with Crippen molar-refractivity contribution in [1.82, 2.24) is 14.7 Å². The van der Waals surface area contributed by atoms with E-state index in [0.717, 1.165) is 11.1 Å². The van der Waals surface area contributed by atoms with E-state index in [1.165, 1.54) is 9.80 Å². The Bertz CT molecular complexity index is 1480. The Hall–Kier alpha value is -4.39. The molecule has 0 aromatic heterocycles. The number of fused-ring (bicyclic) bond motifs is 1. The van der Waals surface area contributed by atoms with Gasteiger partial charge >= 0.3 is 0 Å². The maximum absolute atomic E-state index is 14.0. The van der Waals surface area contributed by atoms with Gasteiger partial charge in [-0.25, -0.2) is 0 Å². The van der Waals surface area contributed by atoms with E-state index < -0.39 is 6.17 Å². The fourth-order valence-corrected chi connectivity index (χ4v) is 5.00. The van der Waals surface area contributed by atoms with Crippen molar-refractivity contribution in [2.45, 2.75) is 26.1 Å². The minimum atomic E-state index is -1.09. The second-order valence-corrected chi connectivity index (χ2v) is 10.6. The van der Waals surface area contributed by atoms with E-state index in [4.69, 9.17) is 17.3 Å². The summed E-state index contributed by atoms with van der Waals surface area (Å²) in [6.45, 7) is 2.68. The Morgan fingerprint density at radius 2 is 1.83 bits per heavy atom. The Kier molecular flexibility index (Phi) is 9.28. The number of nitriles is 1. The maximum atomic E-state index is 14.0. The van der Waals surface area contributed by atoms with E-state index in [0.29, 0.717) is 40.4 Å². The van der Waals surface area contributed by atoms with Gasteiger partial charge in [-0.05, 0) is 67.9 Å². The number of amides is 3. The number of carbonyl (C=O) groups is 3. The molecule has 0 saturated heterocycles. The third-order valence-corrected chi connectivity index (χ3v) is 7.19. The van der Waals surface area contributed by atoms with Gasteiger partial charge < -0.3 is 25.3 Å². The molecular weight excluding hydrogens is 540 g/mol. The highest BCUT2D eigenvalue weighted by Crippen LogP contribution is 2.34. The van der Waals surface area contributed by atoms with E-state index in [9.17, 15) is 19.6 Å². The van der Waals surface area contributed by atoms with Crippen LogP contribution in [0.5, 0.6) is 0 Å². The molecule has 0 spiro atoms. The second-order valence-electron chi connectivity index (χ2n) is 10.2. The van der Waals surface area contributed by atoms with E-state index in [2.05, 4.69) is 6.07 Å². The third kappa shape index (κ3) is 6.51. The fraction of sp³-hybridized carbons (Fsp3) is 0.290. The van der Waals surface area contributed by atoms with Crippen molar-refractivity contribution in [2.75, 3.05) is 38.8 Å². The van der Waals surface area contributed by atoms with Gasteiger partial charge in [-0.3, -0.25) is 14.4 Å². The van der Waals surface area contributed by atoms with Crippen molar-refractivity contribution in [3.8, 4) is 6.07 Å². The van der Waals surface area contributed by atoms with E-state index in [1.807, 2.05) is 25.1 Å². The van der Waals surface area contributed by atoms with Gasteiger partial charge in [-0.15, -0.1) is 0 Å². The summed E-state index contributed by atoms with van der Waals surface area (Å²) >= 11 is 6.40. The number of hydrogen-bond acceptors (Lipinski definition) is 6. The highest BCUT2D eigenvalue weighted by atomic mass is 35.5. The maximum Gasteiger partial charge on any atom is 0.265 e. The van der Waals surface area contributed by atoms with Crippen LogP contribution in [0.2, 0.25) is 5.02 Å². The van der Waals surface area contributed by atoms with Crippen LogP contribution in [0.1, 0.15) is 43.8 Å². The summed E-state index contributed by atoms with van der Waals surface area (Å²) in [6, 6.07) is 21.2. The SMILES string of the molecule is Cc1ccc(C(=O)N(CCCN)C(C(=O)N(C)C)N2CN(Cc3cccc(C#N)c3)C(=O)c3ccc(Cl)cc32)cc1. The number of aryl methyl sites for hydroxylation is 1. The van der Waals surface area contributed by atoms with Crippen LogP contribution >= 0.6 is 11.6 Å². The van der Waals surface area contributed by atoms with Gasteiger partial charge in [-0.2, -0.15) is 5.26 Å². The normalized spacial score (nSPS) is 13.3. The van der Waals surface area contributed by atoms with Gasteiger partial charge in [-0.1, -0.05) is 41.4 Å². The quantitative estimate of drug-likeness (QED) is 0.417. The first-order valence-corrected chi connectivity index (χ1v) is 13.7. The fourth-order valence-electron chi connectivity index (χ4n) is 4.83. The minimum Gasteiger partial charge on any atom is -0.345 e. The predicted octanol–water partition coefficient (Wildman–Crippen LogP) is 3.85. The Morgan fingerprint density at radius 3 is 2.49 bits per heavy atom. The molecule has 9 nitrogen and oxygen atoms in total. The molecule has 2 N–H and O–H groups in total. The Balaban J connectivity index is 1.84. The number of nitrogens with two attached hydrogens (primary N) is 1. The lowest BCUT2D eigenvalue weighted by Crippen LogP contribution is -2.63. The van der Waals surface area contributed by atoms with Crippen molar-refractivity contribution < 1.29 is 14.4 Å². The van der Waals surface area contributed by atoms with Crippen LogP contribution < -0.4 is 10.6 Å². The van der Waals surface area contributed by atoms with E-state index in [1.54, 1.807) is 72.4 Å². The summed E-state index contributed by atoms with van der Waals surface area (Å²) in [5.74, 6) is -0.911. The van der Waals surface area contributed by atoms with Gasteiger partial charge in [0.15, 0.2) is 6.17 Å². The van der Waals surface area contributed by atoms with Gasteiger partial charge in [0.25, 0.3) is 17.7 Å². The zero-order chi connectivity index (χ0) is 29.7. The summed E-state index contributed by atoms with van der Waals surface area (Å²) in [7, 11) is 3.26. The smallest absolute Gasteiger partial charge is 0.265 e. The Morgan fingerprint density at radius 1 is 1.10 bits per heavy atom. The monoisotopic (exact) mass is 572 g/mol. The molecule has 4 rings (SSSR count). The molecule has 0 aliphatic carbocycles. The molecule has 1 atom stereocenters. The molecule has 212 valence electrons. The number of halogens is 1. The van der Waals surface area contributed by atoms with Gasteiger partial charge in [0.05, 0.1) is 29.6 Å². The van der Waals surface area contributed by atoms with E-state index >= 15 is 0 Å². The zero-order valence-electron chi connectivity index (χ0n) is 23.4. The lowest BCUT2D eigenvalue weighted by Gasteiger charge is -2.46. The number of anilines is 1. The van der Waals surface area contributed by atoms with Crippen LogP contribution in [0.15, 0.2) is 66.7 Å². The molecule has 10 heteroatoms. The first-order chi connectivity index (χ1) is 19.6. The molecule has 3 aromatic rings. The number of carbonyl (C=O) groups excluding carboxylic acids is 3. The van der Waals surface area contributed by atoms with Crippen LogP contribution in [-0.2, 0) is 11.3 Å². The molecule has 0 bridgehead atoms. The van der Waals surface area contributed by atoms with Gasteiger partial charge in [0.2, 0.25) is 0 Å². The lowest BCUT2D eigenvalue weighted by molar-refractivity contribution is -0.133. The topological polar surface area (TPSA) is 114 Å². The number of likely N-dealkylation sites (N-methyl/N-ethyl adjacent to an activating group) is 1. The molecule has 1 aliphatic heterocycles. The molecule has 0 saturated carbocycles. The number of rotatable bonds is 9. The summed E-state index contributed by atoms with van der Waals surface area (Å²) in [5, 5.41) is 9.75. The first kappa shape index (κ1) is 29.6. The first-order valence-electron chi connectivity index (χ1n) is 13.3. The van der Waals surface area contributed by atoms with Crippen molar-refractivity contribution in [3.05, 3.63) is 99.6 Å². The van der Waals surface area contributed by atoms with Crippen molar-refractivity contribution in [1.29, 1.82) is 5.26 Å². The van der Waals surface area contributed by atoms with Crippen LogP contribution in [-0.4, -0.2) is 72.4 Å². The summed E-state index contributed by atoms with van der Waals surface area (Å²) < 4.78 is 0. The van der Waals surface area contributed by atoms with Crippen molar-refractivity contribution >= 4 is 35.0 Å². The average molecular weight is 573 g/mol. The summed E-state index contributed by atoms with van der Waals surface area (Å²) in [5.41, 5.74) is 9.36. The molecule has 0 fully saturated rings. The molecule has 3 aromatic carbocycles. The third-order valence-electron chi connectivity index (χ3n) is 6.95. The molecule has 1 heterocycles. The zero-order valence-corrected chi connectivity index (χ0v) is 24.1. The van der Waals surface area contributed by atoms with Crippen LogP contribution in [0.25, 0.3) is 0 Å². The van der Waals surface area contributed by atoms with Crippen LogP contribution in [0, 0.1) is 18.3 Å². The highest BCUT2D eigenvalue weighted by Gasteiger charge is 2.41. The second kappa shape index (κ2) is 12.9. The molecule has 3 amide bonds. The molecule has 1 aliphatic rings. The van der Waals surface area contributed by atoms with Crippen molar-refractivity contribution in [2.24, 2.45) is 5.73 Å². The minimum absolute atomic E-state index is 0.00745. The molecule has 41 heavy (non-hydrogen) atoms. The number of nitrogens with zero attached hydrogens (tertiary/aromatic N) is 5. The van der Waals surface area contributed by atoms with Crippen LogP contribution in [0.3, 0.4) is 0 Å². The largest absolute Gasteiger partial charge is 0.345 e. The van der Waals surface area contributed by atoms with Crippen LogP contribution in [0.4, 0.5) is 5.69 Å². The molecule has 1 unspecified atom stereocenters. The molecule has 0 radical (unpaired) electrons. The summed E-state index contributed by atoms with van der Waals surface area (Å²) in [6.07, 6.45) is -0.627. The van der Waals surface area contributed by atoms with E-state index in [-0.39, 0.29) is 37.5 Å². The summed E-state index contributed by atoms with van der Waals surface area (Å²) in [4.78, 5) is 48.0.